The molecule has 3 N–H and O–H groups in total. The Morgan fingerprint density at radius 3 is 2.06 bits per heavy atom. The minimum absolute atomic E-state index is 0.0647. The van der Waals surface area contributed by atoms with Crippen molar-refractivity contribution in [2.75, 3.05) is 13.1 Å². The molecule has 0 aliphatic heterocycles. The van der Waals surface area contributed by atoms with Crippen LogP contribution in [0, 0.1) is 5.92 Å². The van der Waals surface area contributed by atoms with E-state index in [0.29, 0.717) is 25.4 Å². The van der Waals surface area contributed by atoms with Gasteiger partial charge in [0.2, 0.25) is 11.8 Å². The number of nitrogens with zero attached hydrogens (tertiary/aromatic N) is 1. The molecule has 0 spiro atoms. The maximum Gasteiger partial charge on any atom is 0.244 e. The highest BCUT2D eigenvalue weighted by Crippen LogP contribution is 2.03. The molecule has 106 valence electrons. The predicted octanol–water partition coefficient (Wildman–Crippen LogP) is 0.733. The molecule has 0 aliphatic rings. The van der Waals surface area contributed by atoms with Crippen molar-refractivity contribution in [1.82, 2.24) is 10.2 Å². The third-order valence-electron chi connectivity index (χ3n) is 2.87. The van der Waals surface area contributed by atoms with Crippen LogP contribution in [0.2, 0.25) is 0 Å². The minimum Gasteiger partial charge on any atom is -0.343 e. The van der Waals surface area contributed by atoms with Crippen molar-refractivity contribution in [2.45, 2.75) is 53.1 Å². The number of nitrogens with one attached hydrogen (secondary N) is 1. The van der Waals surface area contributed by atoms with Crippen molar-refractivity contribution >= 4 is 11.8 Å². The Morgan fingerprint density at radius 1 is 1.17 bits per heavy atom. The van der Waals surface area contributed by atoms with Crippen molar-refractivity contribution in [3.63, 3.8) is 0 Å². The first-order valence-corrected chi connectivity index (χ1v) is 6.68. The van der Waals surface area contributed by atoms with Crippen molar-refractivity contribution in [1.29, 1.82) is 0 Å². The molecule has 0 aromatic rings. The van der Waals surface area contributed by atoms with E-state index in [4.69, 9.17) is 5.73 Å². The molecule has 5 nitrogen and oxygen atoms in total. The Bertz CT molecular complexity index is 275. The Hall–Kier alpha value is -1.10. The predicted molar refractivity (Wildman–Crippen MR) is 73.0 cm³/mol. The number of hydrogen-bond acceptors (Lipinski definition) is 3. The molecule has 2 amide bonds. The van der Waals surface area contributed by atoms with Gasteiger partial charge in [0, 0.05) is 13.1 Å². The second-order valence-corrected chi connectivity index (χ2v) is 4.98. The zero-order valence-electron chi connectivity index (χ0n) is 12.2. The summed E-state index contributed by atoms with van der Waals surface area (Å²) in [4.78, 5) is 25.4. The lowest BCUT2D eigenvalue weighted by atomic mass is 10.0. The van der Waals surface area contributed by atoms with Crippen LogP contribution in [-0.4, -0.2) is 41.9 Å². The lowest BCUT2D eigenvalue weighted by Gasteiger charge is -2.24. The zero-order chi connectivity index (χ0) is 14.3. The number of carbonyl (C=O) groups is 2. The third-order valence-corrected chi connectivity index (χ3v) is 2.87. The molecule has 0 aromatic heterocycles. The van der Waals surface area contributed by atoms with Crippen LogP contribution in [0.5, 0.6) is 0 Å². The van der Waals surface area contributed by atoms with Gasteiger partial charge in [-0.3, -0.25) is 9.59 Å². The van der Waals surface area contributed by atoms with Gasteiger partial charge in [0.1, 0.15) is 6.04 Å². The van der Waals surface area contributed by atoms with E-state index < -0.39 is 12.1 Å². The van der Waals surface area contributed by atoms with Gasteiger partial charge in [-0.05, 0) is 33.1 Å². The Labute approximate surface area is 110 Å². The molecule has 0 bridgehead atoms. The highest BCUT2D eigenvalue weighted by molar-refractivity contribution is 5.89. The molecule has 0 heterocycles. The van der Waals surface area contributed by atoms with E-state index in [9.17, 15) is 9.59 Å². The van der Waals surface area contributed by atoms with Crippen LogP contribution in [0.15, 0.2) is 0 Å². The second kappa shape index (κ2) is 8.08. The van der Waals surface area contributed by atoms with Crippen molar-refractivity contribution in [3.8, 4) is 0 Å². The molecule has 2 atom stereocenters. The molecule has 0 aromatic carbocycles. The number of rotatable bonds is 7. The van der Waals surface area contributed by atoms with Gasteiger partial charge in [-0.2, -0.15) is 0 Å². The van der Waals surface area contributed by atoms with E-state index in [1.165, 1.54) is 0 Å². The lowest BCUT2D eigenvalue weighted by Crippen LogP contribution is -2.51. The summed E-state index contributed by atoms with van der Waals surface area (Å²) in [6.45, 7) is 10.8. The summed E-state index contributed by atoms with van der Waals surface area (Å²) in [7, 11) is 0. The van der Waals surface area contributed by atoms with Crippen LogP contribution in [-0.2, 0) is 9.59 Å². The minimum atomic E-state index is -0.544. The summed E-state index contributed by atoms with van der Waals surface area (Å²) in [6, 6.07) is -1.06. The summed E-state index contributed by atoms with van der Waals surface area (Å²) in [5.74, 6) is 0.0429. The molecule has 0 fully saturated rings. The highest BCUT2D eigenvalue weighted by atomic mass is 16.2. The van der Waals surface area contributed by atoms with Gasteiger partial charge in [0.05, 0.1) is 6.04 Å². The highest BCUT2D eigenvalue weighted by Gasteiger charge is 2.23. The van der Waals surface area contributed by atoms with E-state index in [1.807, 2.05) is 27.7 Å². The van der Waals surface area contributed by atoms with Gasteiger partial charge in [-0.15, -0.1) is 0 Å². The summed E-state index contributed by atoms with van der Waals surface area (Å²) >= 11 is 0. The van der Waals surface area contributed by atoms with Gasteiger partial charge in [-0.1, -0.05) is 13.8 Å². The molecule has 1 unspecified atom stereocenters. The monoisotopic (exact) mass is 257 g/mol. The van der Waals surface area contributed by atoms with Gasteiger partial charge in [0.25, 0.3) is 0 Å². The summed E-state index contributed by atoms with van der Waals surface area (Å²) in [5.41, 5.74) is 5.77. The van der Waals surface area contributed by atoms with Gasteiger partial charge in [-0.25, -0.2) is 0 Å². The number of nitrogens with two attached hydrogens (primary N) is 1. The molecule has 18 heavy (non-hydrogen) atoms. The smallest absolute Gasteiger partial charge is 0.244 e. The van der Waals surface area contributed by atoms with Gasteiger partial charge < -0.3 is 16.0 Å². The van der Waals surface area contributed by atoms with Crippen LogP contribution in [0.1, 0.15) is 41.0 Å². The van der Waals surface area contributed by atoms with Crippen molar-refractivity contribution in [3.05, 3.63) is 0 Å². The average Bonchev–Trinajstić information content (AvgIpc) is 2.29. The molecule has 0 radical (unpaired) electrons. The fourth-order valence-electron chi connectivity index (χ4n) is 1.81. The lowest BCUT2D eigenvalue weighted by molar-refractivity contribution is -0.136. The SMILES string of the molecule is CCN(CC)C(=O)C(C)NC(=O)[C@H](N)CC(C)C. The number of amides is 2. The molecule has 0 saturated heterocycles. The largest absolute Gasteiger partial charge is 0.343 e. The Balaban J connectivity index is 4.34. The molecule has 0 rings (SSSR count). The van der Waals surface area contributed by atoms with Gasteiger partial charge >= 0.3 is 0 Å². The third kappa shape index (κ3) is 5.49. The maximum absolute atomic E-state index is 12.0. The van der Waals surface area contributed by atoms with Crippen LogP contribution in [0.3, 0.4) is 0 Å². The average molecular weight is 257 g/mol. The summed E-state index contributed by atoms with van der Waals surface area (Å²) in [5, 5.41) is 2.68. The van der Waals surface area contributed by atoms with Crippen LogP contribution in [0.25, 0.3) is 0 Å². The number of likely N-dealkylation sites (N-methyl/N-ethyl adjacent to an activating group) is 1. The molecular weight excluding hydrogens is 230 g/mol. The molecule has 0 saturated carbocycles. The second-order valence-electron chi connectivity index (χ2n) is 4.98. The topological polar surface area (TPSA) is 75.4 Å². The van der Waals surface area contributed by atoms with E-state index in [-0.39, 0.29) is 11.8 Å². The quantitative estimate of drug-likeness (QED) is 0.706. The van der Waals surface area contributed by atoms with Crippen LogP contribution < -0.4 is 11.1 Å². The first-order valence-electron chi connectivity index (χ1n) is 6.68. The normalized spacial score (nSPS) is 14.2. The first-order chi connectivity index (χ1) is 8.33. The number of carbonyl (C=O) groups excluding carboxylic acids is 2. The fraction of sp³-hybridized carbons (Fsp3) is 0.846. The first kappa shape index (κ1) is 16.9. The van der Waals surface area contributed by atoms with Crippen LogP contribution in [0.4, 0.5) is 0 Å². The van der Waals surface area contributed by atoms with E-state index in [2.05, 4.69) is 5.32 Å². The Kier molecular flexibility index (Phi) is 7.59. The molecule has 5 heteroatoms. The Morgan fingerprint density at radius 2 is 1.67 bits per heavy atom. The summed E-state index contributed by atoms with van der Waals surface area (Å²) in [6.07, 6.45) is 0.623. The zero-order valence-corrected chi connectivity index (χ0v) is 12.2. The fourth-order valence-corrected chi connectivity index (χ4v) is 1.81. The van der Waals surface area contributed by atoms with Crippen molar-refractivity contribution in [2.24, 2.45) is 11.7 Å². The van der Waals surface area contributed by atoms with Crippen LogP contribution >= 0.6 is 0 Å². The van der Waals surface area contributed by atoms with Crippen molar-refractivity contribution < 1.29 is 9.59 Å². The molecular formula is C13H27N3O2. The summed E-state index contributed by atoms with van der Waals surface area (Å²) < 4.78 is 0. The standard InChI is InChI=1S/C13H27N3O2/c1-6-16(7-2)13(18)10(5)15-12(17)11(14)8-9(3)4/h9-11H,6-8,14H2,1-5H3,(H,15,17)/t10?,11-/m1/s1. The maximum atomic E-state index is 12.0. The van der Waals surface area contributed by atoms with E-state index in [1.54, 1.807) is 11.8 Å². The number of hydrogen-bond donors (Lipinski definition) is 2. The van der Waals surface area contributed by atoms with E-state index >= 15 is 0 Å². The van der Waals surface area contributed by atoms with Gasteiger partial charge in [0.15, 0.2) is 0 Å². The van der Waals surface area contributed by atoms with E-state index in [0.717, 1.165) is 0 Å². The molecule has 0 aliphatic carbocycles.